The van der Waals surface area contributed by atoms with Crippen LogP contribution < -0.4 is 19.5 Å². The maximum atomic E-state index is 12.5. The third kappa shape index (κ3) is 4.35. The minimum Gasteiger partial charge on any atom is -0.490 e. The molecule has 1 saturated heterocycles. The Bertz CT molecular complexity index is 578. The standard InChI is InChI=1S/C17H23NO5S/c1-4-21-13-9-11(10-14(22-5-2)15(13)23-6-3)16(19)18-12-7-8-24-17(12)20/h9-10,12H,4-8H2,1-3H3,(H,18,19)/t12-/m0/s1. The van der Waals surface area contributed by atoms with Gasteiger partial charge in [0, 0.05) is 11.3 Å². The summed E-state index contributed by atoms with van der Waals surface area (Å²) in [4.78, 5) is 24.2. The summed E-state index contributed by atoms with van der Waals surface area (Å²) in [7, 11) is 0. The molecule has 1 aromatic carbocycles. The number of benzene rings is 1. The molecule has 0 bridgehead atoms. The molecule has 1 aliphatic heterocycles. The van der Waals surface area contributed by atoms with Gasteiger partial charge in [-0.3, -0.25) is 9.59 Å². The summed E-state index contributed by atoms with van der Waals surface area (Å²) in [6.07, 6.45) is 0.656. The van der Waals surface area contributed by atoms with Crippen molar-refractivity contribution in [1.29, 1.82) is 0 Å². The first kappa shape index (κ1) is 18.4. The average molecular weight is 353 g/mol. The predicted molar refractivity (Wildman–Crippen MR) is 93.3 cm³/mol. The lowest BCUT2D eigenvalue weighted by Gasteiger charge is -2.17. The Morgan fingerprint density at radius 1 is 1.12 bits per heavy atom. The summed E-state index contributed by atoms with van der Waals surface area (Å²) in [6, 6.07) is 2.82. The molecular weight excluding hydrogens is 330 g/mol. The minimum atomic E-state index is -0.430. The largest absolute Gasteiger partial charge is 0.490 e. The van der Waals surface area contributed by atoms with Crippen LogP contribution in [0.25, 0.3) is 0 Å². The summed E-state index contributed by atoms with van der Waals surface area (Å²) >= 11 is 1.25. The Morgan fingerprint density at radius 3 is 2.17 bits per heavy atom. The van der Waals surface area contributed by atoms with E-state index < -0.39 is 6.04 Å². The smallest absolute Gasteiger partial charge is 0.252 e. The fourth-order valence-electron chi connectivity index (χ4n) is 2.39. The number of nitrogens with one attached hydrogen (secondary N) is 1. The van der Waals surface area contributed by atoms with Gasteiger partial charge in [0.25, 0.3) is 5.91 Å². The Balaban J connectivity index is 2.30. The van der Waals surface area contributed by atoms with E-state index in [0.717, 1.165) is 5.75 Å². The van der Waals surface area contributed by atoms with Gasteiger partial charge in [0.1, 0.15) is 0 Å². The van der Waals surface area contributed by atoms with E-state index in [1.165, 1.54) is 11.8 Å². The van der Waals surface area contributed by atoms with Crippen LogP contribution in [-0.2, 0) is 4.79 Å². The number of carbonyl (C=O) groups excluding carboxylic acids is 2. The highest BCUT2D eigenvalue weighted by molar-refractivity contribution is 8.14. The molecule has 0 saturated carbocycles. The van der Waals surface area contributed by atoms with Gasteiger partial charge in [-0.2, -0.15) is 0 Å². The number of rotatable bonds is 8. The zero-order valence-electron chi connectivity index (χ0n) is 14.2. The van der Waals surface area contributed by atoms with Gasteiger partial charge < -0.3 is 19.5 Å². The number of carbonyl (C=O) groups is 2. The first-order valence-electron chi connectivity index (χ1n) is 8.14. The van der Waals surface area contributed by atoms with Gasteiger partial charge in [0.2, 0.25) is 10.9 Å². The van der Waals surface area contributed by atoms with E-state index in [-0.39, 0.29) is 11.0 Å². The molecule has 0 unspecified atom stereocenters. The van der Waals surface area contributed by atoms with Gasteiger partial charge in [-0.15, -0.1) is 0 Å². The van der Waals surface area contributed by atoms with Crippen LogP contribution in [0.2, 0.25) is 0 Å². The number of amides is 1. The van der Waals surface area contributed by atoms with Crippen LogP contribution in [0.15, 0.2) is 12.1 Å². The van der Waals surface area contributed by atoms with Crippen LogP contribution in [-0.4, -0.2) is 42.6 Å². The van der Waals surface area contributed by atoms with E-state index in [1.54, 1.807) is 12.1 Å². The molecule has 7 heteroatoms. The first-order valence-corrected chi connectivity index (χ1v) is 9.13. The lowest BCUT2D eigenvalue weighted by atomic mass is 10.1. The second-order valence-electron chi connectivity index (χ2n) is 5.08. The third-order valence-corrected chi connectivity index (χ3v) is 4.42. The van der Waals surface area contributed by atoms with E-state index in [2.05, 4.69) is 5.32 Å². The number of hydrogen-bond donors (Lipinski definition) is 1. The van der Waals surface area contributed by atoms with E-state index in [0.29, 0.717) is 49.1 Å². The van der Waals surface area contributed by atoms with E-state index in [4.69, 9.17) is 14.2 Å². The fourth-order valence-corrected chi connectivity index (χ4v) is 3.32. The molecule has 24 heavy (non-hydrogen) atoms. The van der Waals surface area contributed by atoms with Crippen molar-refractivity contribution in [3.05, 3.63) is 17.7 Å². The van der Waals surface area contributed by atoms with Gasteiger partial charge >= 0.3 is 0 Å². The van der Waals surface area contributed by atoms with E-state index >= 15 is 0 Å². The predicted octanol–water partition coefficient (Wildman–Crippen LogP) is 2.64. The molecule has 1 N–H and O–H groups in total. The molecule has 1 amide bonds. The topological polar surface area (TPSA) is 73.9 Å². The maximum Gasteiger partial charge on any atom is 0.252 e. The molecule has 1 aromatic rings. The molecule has 0 spiro atoms. The van der Waals surface area contributed by atoms with Gasteiger partial charge in [0.15, 0.2) is 11.5 Å². The minimum absolute atomic E-state index is 0.00403. The quantitative estimate of drug-likeness (QED) is 0.774. The van der Waals surface area contributed by atoms with Gasteiger partial charge in [0.05, 0.1) is 25.9 Å². The SMILES string of the molecule is CCOc1cc(C(=O)N[C@H]2CCSC2=O)cc(OCC)c1OCC. The second kappa shape index (κ2) is 8.82. The highest BCUT2D eigenvalue weighted by Gasteiger charge is 2.28. The normalized spacial score (nSPS) is 16.8. The molecule has 2 rings (SSSR count). The van der Waals surface area contributed by atoms with Crippen LogP contribution in [0, 0.1) is 0 Å². The molecule has 1 aliphatic rings. The van der Waals surface area contributed by atoms with Crippen molar-refractivity contribution in [2.75, 3.05) is 25.6 Å². The van der Waals surface area contributed by atoms with Crippen LogP contribution in [0.1, 0.15) is 37.6 Å². The molecule has 1 heterocycles. The molecule has 0 aliphatic carbocycles. The summed E-state index contributed by atoms with van der Waals surface area (Å²) in [5, 5.41) is 2.78. The highest BCUT2D eigenvalue weighted by Crippen LogP contribution is 2.39. The lowest BCUT2D eigenvalue weighted by Crippen LogP contribution is -2.37. The zero-order valence-corrected chi connectivity index (χ0v) is 15.0. The van der Waals surface area contributed by atoms with Gasteiger partial charge in [-0.1, -0.05) is 11.8 Å². The monoisotopic (exact) mass is 353 g/mol. The Hall–Kier alpha value is -1.89. The number of hydrogen-bond acceptors (Lipinski definition) is 6. The number of ether oxygens (including phenoxy) is 3. The Labute approximate surface area is 146 Å². The molecule has 1 atom stereocenters. The van der Waals surface area contributed by atoms with Gasteiger partial charge in [-0.05, 0) is 39.3 Å². The molecule has 132 valence electrons. The van der Waals surface area contributed by atoms with Crippen LogP contribution in [0.3, 0.4) is 0 Å². The number of thioether (sulfide) groups is 1. The molecule has 6 nitrogen and oxygen atoms in total. The molecule has 1 fully saturated rings. The highest BCUT2D eigenvalue weighted by atomic mass is 32.2. The maximum absolute atomic E-state index is 12.5. The summed E-state index contributed by atoms with van der Waals surface area (Å²) < 4.78 is 16.8. The van der Waals surface area contributed by atoms with Crippen LogP contribution in [0.5, 0.6) is 17.2 Å². The van der Waals surface area contributed by atoms with E-state index in [1.807, 2.05) is 20.8 Å². The van der Waals surface area contributed by atoms with Crippen molar-refractivity contribution < 1.29 is 23.8 Å². The van der Waals surface area contributed by atoms with Crippen molar-refractivity contribution in [3.63, 3.8) is 0 Å². The summed E-state index contributed by atoms with van der Waals surface area (Å²) in [5.74, 6) is 1.83. The van der Waals surface area contributed by atoms with Crippen molar-refractivity contribution in [1.82, 2.24) is 5.32 Å². The van der Waals surface area contributed by atoms with Crippen molar-refractivity contribution in [3.8, 4) is 17.2 Å². The van der Waals surface area contributed by atoms with Crippen LogP contribution >= 0.6 is 11.8 Å². The fraction of sp³-hybridized carbons (Fsp3) is 0.529. The Kier molecular flexibility index (Phi) is 6.78. The third-order valence-electron chi connectivity index (χ3n) is 3.41. The van der Waals surface area contributed by atoms with Gasteiger partial charge in [-0.25, -0.2) is 0 Å². The molecule has 0 aromatic heterocycles. The first-order chi connectivity index (χ1) is 11.6. The summed E-state index contributed by atoms with van der Waals surface area (Å²) in [5.41, 5.74) is 0.384. The van der Waals surface area contributed by atoms with Crippen molar-refractivity contribution >= 4 is 22.8 Å². The van der Waals surface area contributed by atoms with Crippen LogP contribution in [0.4, 0.5) is 0 Å². The lowest BCUT2D eigenvalue weighted by molar-refractivity contribution is -0.112. The molecular formula is C17H23NO5S. The second-order valence-corrected chi connectivity index (χ2v) is 6.18. The molecule has 0 radical (unpaired) electrons. The summed E-state index contributed by atoms with van der Waals surface area (Å²) in [6.45, 7) is 6.92. The Morgan fingerprint density at radius 2 is 1.71 bits per heavy atom. The van der Waals surface area contributed by atoms with E-state index in [9.17, 15) is 9.59 Å². The average Bonchev–Trinajstić information content (AvgIpc) is 2.95. The van der Waals surface area contributed by atoms with Crippen molar-refractivity contribution in [2.24, 2.45) is 0 Å². The van der Waals surface area contributed by atoms with Crippen molar-refractivity contribution in [2.45, 2.75) is 33.2 Å². The zero-order chi connectivity index (χ0) is 17.5.